The van der Waals surface area contributed by atoms with Crippen molar-refractivity contribution < 1.29 is 22.7 Å². The molecule has 0 fully saturated rings. The number of fused-ring (bicyclic) bond motifs is 1. The summed E-state index contributed by atoms with van der Waals surface area (Å²) >= 11 is 0. The van der Waals surface area contributed by atoms with Crippen molar-refractivity contribution in [3.63, 3.8) is 0 Å². The minimum Gasteiger partial charge on any atom is -0.489 e. The topological polar surface area (TPSA) is 109 Å². The van der Waals surface area contributed by atoms with Crippen LogP contribution in [0.15, 0.2) is 58.3 Å². The fourth-order valence-corrected chi connectivity index (χ4v) is 3.25. The van der Waals surface area contributed by atoms with E-state index < -0.39 is 34.6 Å². The van der Waals surface area contributed by atoms with Crippen molar-refractivity contribution in [2.45, 2.75) is 6.54 Å². The molecule has 0 atom stereocenters. The average molecular weight is 458 g/mol. The monoisotopic (exact) mass is 458 g/mol. The molecule has 170 valence electrons. The van der Waals surface area contributed by atoms with Gasteiger partial charge in [-0.05, 0) is 42.0 Å². The first-order chi connectivity index (χ1) is 15.8. The van der Waals surface area contributed by atoms with Gasteiger partial charge in [-0.1, -0.05) is 6.07 Å². The highest BCUT2D eigenvalue weighted by Crippen LogP contribution is 2.22. The van der Waals surface area contributed by atoms with E-state index in [9.17, 15) is 27.6 Å². The summed E-state index contributed by atoms with van der Waals surface area (Å²) in [6, 6.07) is 8.91. The number of pyridine rings is 1. The number of ether oxygens (including phenoxy) is 1. The highest BCUT2D eigenvalue weighted by Gasteiger charge is 2.14. The van der Waals surface area contributed by atoms with Crippen LogP contribution in [0.4, 0.5) is 13.2 Å². The molecule has 4 rings (SSSR count). The van der Waals surface area contributed by atoms with E-state index in [1.54, 1.807) is 0 Å². The van der Waals surface area contributed by atoms with E-state index in [1.807, 2.05) is 0 Å². The molecule has 0 bridgehead atoms. The number of halogens is 3. The van der Waals surface area contributed by atoms with Crippen LogP contribution in [0.1, 0.15) is 15.9 Å². The van der Waals surface area contributed by atoms with Crippen LogP contribution in [0.3, 0.4) is 0 Å². The van der Waals surface area contributed by atoms with Crippen molar-refractivity contribution in [2.75, 3.05) is 13.2 Å². The molecule has 0 saturated carbocycles. The Labute approximate surface area is 183 Å². The van der Waals surface area contributed by atoms with Crippen LogP contribution < -0.4 is 21.3 Å². The second-order valence-corrected chi connectivity index (χ2v) is 7.09. The highest BCUT2D eigenvalue weighted by atomic mass is 19.2. The lowest BCUT2D eigenvalue weighted by molar-refractivity contribution is 0.0944. The summed E-state index contributed by atoms with van der Waals surface area (Å²) in [7, 11) is 0. The predicted molar refractivity (Wildman–Crippen MR) is 113 cm³/mol. The number of rotatable bonds is 7. The summed E-state index contributed by atoms with van der Waals surface area (Å²) < 4.78 is 47.4. The summed E-state index contributed by atoms with van der Waals surface area (Å²) in [5.74, 6) is -3.56. The van der Waals surface area contributed by atoms with E-state index >= 15 is 0 Å². The lowest BCUT2D eigenvalue weighted by atomic mass is 10.2. The molecule has 2 heterocycles. The molecule has 0 aliphatic heterocycles. The maximum Gasteiger partial charge on any atom is 0.323 e. The summed E-state index contributed by atoms with van der Waals surface area (Å²) in [5.41, 5.74) is -0.698. The number of hydrogen-bond acceptors (Lipinski definition) is 4. The van der Waals surface area contributed by atoms with Gasteiger partial charge in [0.2, 0.25) is 0 Å². The Morgan fingerprint density at radius 1 is 1.03 bits per heavy atom. The molecule has 11 heteroatoms. The Balaban J connectivity index is 1.38. The molecule has 4 aromatic rings. The van der Waals surface area contributed by atoms with Crippen LogP contribution in [0.25, 0.3) is 11.0 Å². The zero-order valence-corrected chi connectivity index (χ0v) is 17.0. The van der Waals surface area contributed by atoms with Gasteiger partial charge in [-0.3, -0.25) is 9.59 Å². The molecule has 0 saturated heterocycles. The molecule has 0 unspecified atom stereocenters. The van der Waals surface area contributed by atoms with Crippen LogP contribution in [-0.4, -0.2) is 33.6 Å². The summed E-state index contributed by atoms with van der Waals surface area (Å²) in [4.78, 5) is 41.1. The van der Waals surface area contributed by atoms with Gasteiger partial charge in [0.05, 0.1) is 18.6 Å². The van der Waals surface area contributed by atoms with Crippen LogP contribution in [0.2, 0.25) is 0 Å². The number of amides is 1. The SMILES string of the molecule is O=C(NCCOc1ccc2[nH]c(=O)[nH]c2c1F)c1cccn(Cc2ccc(F)c(F)c2)c1=O. The smallest absolute Gasteiger partial charge is 0.323 e. The quantitative estimate of drug-likeness (QED) is 0.369. The number of benzene rings is 2. The first kappa shape index (κ1) is 21.9. The number of nitrogens with one attached hydrogen (secondary N) is 3. The molecule has 2 aromatic carbocycles. The van der Waals surface area contributed by atoms with Crippen molar-refractivity contribution in [2.24, 2.45) is 0 Å². The van der Waals surface area contributed by atoms with Gasteiger partial charge in [0.25, 0.3) is 11.5 Å². The normalized spacial score (nSPS) is 11.0. The van der Waals surface area contributed by atoms with Crippen molar-refractivity contribution in [3.8, 4) is 5.75 Å². The highest BCUT2D eigenvalue weighted by molar-refractivity contribution is 5.93. The molecular formula is C22H17F3N4O4. The fraction of sp³-hybridized carbons (Fsp3) is 0.136. The second-order valence-electron chi connectivity index (χ2n) is 7.09. The molecule has 1 amide bonds. The van der Waals surface area contributed by atoms with E-state index in [4.69, 9.17) is 4.74 Å². The Kier molecular flexibility index (Phi) is 6.03. The number of hydrogen-bond donors (Lipinski definition) is 3. The molecule has 8 nitrogen and oxygen atoms in total. The molecule has 33 heavy (non-hydrogen) atoms. The van der Waals surface area contributed by atoms with Crippen molar-refractivity contribution in [1.82, 2.24) is 19.9 Å². The standard InChI is InChI=1S/C22H17F3N4O4/c23-14-4-3-12(10-15(14)24)11-29-8-1-2-13(21(29)31)20(30)26-7-9-33-17-6-5-16-19(18(17)25)28-22(32)27-16/h1-6,8,10H,7,9,11H2,(H,26,30)(H2,27,28,32). The van der Waals surface area contributed by atoms with Crippen molar-refractivity contribution in [3.05, 3.63) is 98.1 Å². The zero-order valence-electron chi connectivity index (χ0n) is 17.0. The van der Waals surface area contributed by atoms with Gasteiger partial charge < -0.3 is 24.6 Å². The van der Waals surface area contributed by atoms with E-state index in [0.717, 1.165) is 12.1 Å². The second kappa shape index (κ2) is 9.07. The molecule has 3 N–H and O–H groups in total. The van der Waals surface area contributed by atoms with Crippen LogP contribution >= 0.6 is 0 Å². The number of nitrogens with zero attached hydrogens (tertiary/aromatic N) is 1. The van der Waals surface area contributed by atoms with E-state index in [2.05, 4.69) is 15.3 Å². The Morgan fingerprint density at radius 3 is 2.64 bits per heavy atom. The maximum absolute atomic E-state index is 14.4. The fourth-order valence-electron chi connectivity index (χ4n) is 3.25. The molecule has 0 radical (unpaired) electrons. The maximum atomic E-state index is 14.4. The van der Waals surface area contributed by atoms with Crippen molar-refractivity contribution >= 4 is 16.9 Å². The van der Waals surface area contributed by atoms with Crippen LogP contribution in [0.5, 0.6) is 5.75 Å². The zero-order chi connectivity index (χ0) is 23.5. The molecular weight excluding hydrogens is 441 g/mol. The van der Waals surface area contributed by atoms with E-state index in [1.165, 1.54) is 41.1 Å². The Hall–Kier alpha value is -4.28. The van der Waals surface area contributed by atoms with Crippen LogP contribution in [0, 0.1) is 17.5 Å². The van der Waals surface area contributed by atoms with Gasteiger partial charge in [0.1, 0.15) is 17.7 Å². The minimum absolute atomic E-state index is 0.0209. The first-order valence-corrected chi connectivity index (χ1v) is 9.78. The third-order valence-electron chi connectivity index (χ3n) is 4.84. The summed E-state index contributed by atoms with van der Waals surface area (Å²) in [6.07, 6.45) is 1.42. The molecule has 2 aromatic heterocycles. The number of aromatic nitrogens is 3. The molecule has 0 aliphatic rings. The average Bonchev–Trinajstić information content (AvgIpc) is 3.17. The number of carbonyl (C=O) groups excluding carboxylic acids is 1. The Bertz CT molecular complexity index is 1460. The minimum atomic E-state index is -1.03. The number of aromatic amines is 2. The van der Waals surface area contributed by atoms with E-state index in [0.29, 0.717) is 11.1 Å². The third kappa shape index (κ3) is 4.66. The number of carbonyl (C=O) groups is 1. The predicted octanol–water partition coefficient (Wildman–Crippen LogP) is 2.29. The lowest BCUT2D eigenvalue weighted by Gasteiger charge is -2.10. The lowest BCUT2D eigenvalue weighted by Crippen LogP contribution is -2.34. The molecule has 0 spiro atoms. The van der Waals surface area contributed by atoms with Crippen molar-refractivity contribution in [1.29, 1.82) is 0 Å². The Morgan fingerprint density at radius 2 is 1.85 bits per heavy atom. The van der Waals surface area contributed by atoms with Gasteiger partial charge >= 0.3 is 5.69 Å². The largest absolute Gasteiger partial charge is 0.489 e. The molecule has 0 aliphatic carbocycles. The van der Waals surface area contributed by atoms with Gasteiger partial charge in [0, 0.05) is 6.20 Å². The first-order valence-electron chi connectivity index (χ1n) is 9.78. The van der Waals surface area contributed by atoms with Crippen LogP contribution in [-0.2, 0) is 6.54 Å². The van der Waals surface area contributed by atoms with E-state index in [-0.39, 0.29) is 36.5 Å². The summed E-state index contributed by atoms with van der Waals surface area (Å²) in [5, 5.41) is 2.51. The van der Waals surface area contributed by atoms with Gasteiger partial charge in [-0.2, -0.15) is 0 Å². The number of imidazole rings is 1. The number of H-pyrrole nitrogens is 2. The van der Waals surface area contributed by atoms with Gasteiger partial charge in [0.15, 0.2) is 23.2 Å². The third-order valence-corrected chi connectivity index (χ3v) is 4.84. The van der Waals surface area contributed by atoms with Gasteiger partial charge in [-0.25, -0.2) is 18.0 Å². The summed E-state index contributed by atoms with van der Waals surface area (Å²) in [6.45, 7) is -0.181. The van der Waals surface area contributed by atoms with Gasteiger partial charge in [-0.15, -0.1) is 0 Å².